The van der Waals surface area contributed by atoms with Crippen molar-refractivity contribution in [2.24, 2.45) is 0 Å². The zero-order valence-corrected chi connectivity index (χ0v) is 16.3. The zero-order valence-electron chi connectivity index (χ0n) is 15.6. The molecule has 26 heavy (non-hydrogen) atoms. The molecule has 1 N–H and O–H groups in total. The Bertz CT molecular complexity index is 905. The third-order valence-electron chi connectivity index (χ3n) is 5.58. The van der Waals surface area contributed by atoms with Crippen LogP contribution in [0.1, 0.15) is 41.8 Å². The van der Waals surface area contributed by atoms with Crippen LogP contribution in [-0.2, 0) is 13.0 Å². The standard InChI is InChI=1S/C22H26ClN3/c1-15-12-20-21(13-16(15)2)26(14-17-5-7-18(23)8-6-17)22(25-20)10-9-19-4-3-11-24-19/h5-8,12-13,19,24H,3-4,9-11,14H2,1-2H3. The number of rotatable bonds is 5. The maximum Gasteiger partial charge on any atom is 0.110 e. The molecule has 0 amide bonds. The van der Waals surface area contributed by atoms with Crippen LogP contribution in [0.5, 0.6) is 0 Å². The van der Waals surface area contributed by atoms with Crippen LogP contribution in [0.25, 0.3) is 11.0 Å². The molecule has 3 aromatic rings. The van der Waals surface area contributed by atoms with Crippen molar-refractivity contribution >= 4 is 22.6 Å². The van der Waals surface area contributed by atoms with Crippen molar-refractivity contribution in [1.82, 2.24) is 14.9 Å². The lowest BCUT2D eigenvalue weighted by molar-refractivity contribution is 0.543. The Labute approximate surface area is 160 Å². The van der Waals surface area contributed by atoms with Gasteiger partial charge in [0.25, 0.3) is 0 Å². The lowest BCUT2D eigenvalue weighted by atomic mass is 10.1. The summed E-state index contributed by atoms with van der Waals surface area (Å²) in [5.74, 6) is 1.19. The van der Waals surface area contributed by atoms with Crippen molar-refractivity contribution in [2.75, 3.05) is 6.54 Å². The summed E-state index contributed by atoms with van der Waals surface area (Å²) < 4.78 is 2.39. The summed E-state index contributed by atoms with van der Waals surface area (Å²) in [4.78, 5) is 5.00. The third-order valence-corrected chi connectivity index (χ3v) is 5.83. The van der Waals surface area contributed by atoms with E-state index in [4.69, 9.17) is 16.6 Å². The molecule has 1 saturated heterocycles. The summed E-state index contributed by atoms with van der Waals surface area (Å²) in [6, 6.07) is 13.3. The monoisotopic (exact) mass is 367 g/mol. The minimum atomic E-state index is 0.641. The van der Waals surface area contributed by atoms with E-state index >= 15 is 0 Å². The topological polar surface area (TPSA) is 29.9 Å². The van der Waals surface area contributed by atoms with E-state index in [9.17, 15) is 0 Å². The molecular weight excluding hydrogens is 342 g/mol. The van der Waals surface area contributed by atoms with E-state index < -0.39 is 0 Å². The van der Waals surface area contributed by atoms with E-state index in [-0.39, 0.29) is 0 Å². The van der Waals surface area contributed by atoms with Crippen LogP contribution in [-0.4, -0.2) is 22.1 Å². The Morgan fingerprint density at radius 2 is 1.92 bits per heavy atom. The Kier molecular flexibility index (Phi) is 5.01. The van der Waals surface area contributed by atoms with Crippen molar-refractivity contribution in [3.05, 3.63) is 63.9 Å². The zero-order chi connectivity index (χ0) is 18.1. The number of nitrogens with zero attached hydrogens (tertiary/aromatic N) is 2. The van der Waals surface area contributed by atoms with Gasteiger partial charge in [-0.3, -0.25) is 0 Å². The first-order valence-corrected chi connectivity index (χ1v) is 9.92. The quantitative estimate of drug-likeness (QED) is 0.684. The first-order valence-electron chi connectivity index (χ1n) is 9.54. The molecule has 0 saturated carbocycles. The van der Waals surface area contributed by atoms with Gasteiger partial charge >= 0.3 is 0 Å². The first kappa shape index (κ1) is 17.6. The third kappa shape index (κ3) is 3.65. The van der Waals surface area contributed by atoms with E-state index in [1.165, 1.54) is 40.9 Å². The molecule has 4 rings (SSSR count). The molecular formula is C22H26ClN3. The fraction of sp³-hybridized carbons (Fsp3) is 0.409. The molecule has 1 unspecified atom stereocenters. The predicted molar refractivity (Wildman–Crippen MR) is 109 cm³/mol. The summed E-state index contributed by atoms with van der Waals surface area (Å²) in [5, 5.41) is 4.38. The molecule has 2 aromatic carbocycles. The van der Waals surface area contributed by atoms with E-state index in [0.717, 1.165) is 36.5 Å². The van der Waals surface area contributed by atoms with Crippen LogP contribution in [0.15, 0.2) is 36.4 Å². The lowest BCUT2D eigenvalue weighted by Crippen LogP contribution is -2.22. The Balaban J connectivity index is 1.69. The van der Waals surface area contributed by atoms with Gasteiger partial charge in [-0.05, 0) is 80.6 Å². The van der Waals surface area contributed by atoms with Gasteiger partial charge in [-0.25, -0.2) is 4.98 Å². The molecule has 136 valence electrons. The van der Waals surface area contributed by atoms with Gasteiger partial charge < -0.3 is 9.88 Å². The van der Waals surface area contributed by atoms with Gasteiger partial charge in [0, 0.05) is 24.0 Å². The molecule has 0 bridgehead atoms. The van der Waals surface area contributed by atoms with E-state index in [1.54, 1.807) is 0 Å². The number of halogens is 1. The molecule has 2 heterocycles. The van der Waals surface area contributed by atoms with Crippen molar-refractivity contribution in [1.29, 1.82) is 0 Å². The van der Waals surface area contributed by atoms with Gasteiger partial charge in [-0.2, -0.15) is 0 Å². The highest BCUT2D eigenvalue weighted by atomic mass is 35.5. The minimum absolute atomic E-state index is 0.641. The van der Waals surface area contributed by atoms with Gasteiger partial charge in [0.1, 0.15) is 5.82 Å². The van der Waals surface area contributed by atoms with Gasteiger partial charge in [0.2, 0.25) is 0 Å². The number of fused-ring (bicyclic) bond motifs is 1. The summed E-state index contributed by atoms with van der Waals surface area (Å²) in [7, 11) is 0. The highest BCUT2D eigenvalue weighted by Gasteiger charge is 2.17. The fourth-order valence-corrected chi connectivity index (χ4v) is 4.00. The van der Waals surface area contributed by atoms with Crippen LogP contribution >= 0.6 is 11.6 Å². The molecule has 0 radical (unpaired) electrons. The van der Waals surface area contributed by atoms with Crippen molar-refractivity contribution in [3.8, 4) is 0 Å². The molecule has 0 spiro atoms. The molecule has 1 atom stereocenters. The highest BCUT2D eigenvalue weighted by molar-refractivity contribution is 6.30. The largest absolute Gasteiger partial charge is 0.323 e. The van der Waals surface area contributed by atoms with Crippen LogP contribution in [0.3, 0.4) is 0 Å². The molecule has 1 aliphatic heterocycles. The Morgan fingerprint density at radius 3 is 2.65 bits per heavy atom. The number of aryl methyl sites for hydroxylation is 3. The number of benzene rings is 2. The summed E-state index contributed by atoms with van der Waals surface area (Å²) in [6.45, 7) is 6.33. The van der Waals surface area contributed by atoms with E-state index in [0.29, 0.717) is 6.04 Å². The SMILES string of the molecule is Cc1cc2nc(CCC3CCCN3)n(Cc3ccc(Cl)cc3)c2cc1C. The first-order chi connectivity index (χ1) is 12.6. The fourth-order valence-electron chi connectivity index (χ4n) is 3.88. The van der Waals surface area contributed by atoms with Crippen LogP contribution < -0.4 is 5.32 Å². The second-order valence-electron chi connectivity index (χ2n) is 7.50. The average molecular weight is 368 g/mol. The maximum absolute atomic E-state index is 6.05. The lowest BCUT2D eigenvalue weighted by Gasteiger charge is -2.13. The number of aromatic nitrogens is 2. The van der Waals surface area contributed by atoms with Gasteiger partial charge in [0.15, 0.2) is 0 Å². The molecule has 4 heteroatoms. The minimum Gasteiger partial charge on any atom is -0.323 e. The molecule has 1 aliphatic rings. The predicted octanol–water partition coefficient (Wildman–Crippen LogP) is 5.04. The maximum atomic E-state index is 6.05. The second-order valence-corrected chi connectivity index (χ2v) is 7.93. The highest BCUT2D eigenvalue weighted by Crippen LogP contribution is 2.24. The smallest absolute Gasteiger partial charge is 0.110 e. The van der Waals surface area contributed by atoms with Crippen LogP contribution in [0.4, 0.5) is 0 Å². The molecule has 0 aliphatic carbocycles. The van der Waals surface area contributed by atoms with Crippen LogP contribution in [0.2, 0.25) is 5.02 Å². The van der Waals surface area contributed by atoms with Crippen molar-refractivity contribution < 1.29 is 0 Å². The number of hydrogen-bond acceptors (Lipinski definition) is 2. The van der Waals surface area contributed by atoms with E-state index in [2.05, 4.69) is 48.0 Å². The Morgan fingerprint density at radius 1 is 1.15 bits per heavy atom. The Hall–Kier alpha value is -1.84. The average Bonchev–Trinajstić information content (AvgIpc) is 3.25. The normalized spacial score (nSPS) is 17.3. The van der Waals surface area contributed by atoms with Crippen molar-refractivity contribution in [3.63, 3.8) is 0 Å². The molecule has 3 nitrogen and oxygen atoms in total. The van der Waals surface area contributed by atoms with Crippen LogP contribution in [0, 0.1) is 13.8 Å². The summed E-state index contributed by atoms with van der Waals surface area (Å²) >= 11 is 6.05. The van der Waals surface area contributed by atoms with Gasteiger partial charge in [0.05, 0.1) is 11.0 Å². The summed E-state index contributed by atoms with van der Waals surface area (Å²) in [6.07, 6.45) is 4.75. The number of imidazole rings is 1. The molecule has 1 aromatic heterocycles. The summed E-state index contributed by atoms with van der Waals surface area (Å²) in [5.41, 5.74) is 6.22. The van der Waals surface area contributed by atoms with Crippen molar-refractivity contribution in [2.45, 2.75) is 52.1 Å². The van der Waals surface area contributed by atoms with E-state index in [1.807, 2.05) is 12.1 Å². The van der Waals surface area contributed by atoms with Gasteiger partial charge in [-0.1, -0.05) is 23.7 Å². The number of nitrogens with one attached hydrogen (secondary N) is 1. The van der Waals surface area contributed by atoms with Gasteiger partial charge in [-0.15, -0.1) is 0 Å². The molecule has 1 fully saturated rings. The number of hydrogen-bond donors (Lipinski definition) is 1. The second kappa shape index (κ2) is 7.42.